The fourth-order valence-corrected chi connectivity index (χ4v) is 3.32. The maximum absolute atomic E-state index is 12.1. The van der Waals surface area contributed by atoms with Crippen LogP contribution in [0.1, 0.15) is 20.8 Å². The molecule has 13 nitrogen and oxygen atoms in total. The Kier molecular flexibility index (Phi) is 5.68. The number of hydrogen-bond acceptors (Lipinski definition) is 12. The summed E-state index contributed by atoms with van der Waals surface area (Å²) in [5.74, 6) is -2.40. The molecule has 0 spiro atoms. The van der Waals surface area contributed by atoms with Gasteiger partial charge in [-0.25, -0.2) is 4.99 Å². The maximum atomic E-state index is 12.1. The van der Waals surface area contributed by atoms with Crippen LogP contribution in [0.4, 0.5) is 0 Å². The predicted octanol–water partition coefficient (Wildman–Crippen LogP) is -2.38. The van der Waals surface area contributed by atoms with Gasteiger partial charge in [0.2, 0.25) is 0 Å². The summed E-state index contributed by atoms with van der Waals surface area (Å²) in [6, 6.07) is -0.872. The number of carbonyl (C=O) groups is 4. The summed E-state index contributed by atoms with van der Waals surface area (Å²) in [7, 11) is 0. The molecule has 0 aromatic heterocycles. The van der Waals surface area contributed by atoms with E-state index in [2.05, 4.69) is 15.3 Å². The number of ether oxygens (including phenoxy) is 4. The molecule has 0 aromatic carbocycles. The molecule has 0 aromatic rings. The van der Waals surface area contributed by atoms with Gasteiger partial charge in [0.05, 0.1) is 6.34 Å². The lowest BCUT2D eigenvalue weighted by atomic mass is 10.1. The van der Waals surface area contributed by atoms with Crippen LogP contribution in [0.2, 0.25) is 0 Å². The van der Waals surface area contributed by atoms with E-state index in [0.717, 1.165) is 0 Å². The van der Waals surface area contributed by atoms with Crippen LogP contribution in [0.3, 0.4) is 0 Å². The minimum Gasteiger partial charge on any atom is -0.463 e. The van der Waals surface area contributed by atoms with Crippen LogP contribution in [-0.2, 0) is 38.1 Å². The van der Waals surface area contributed by atoms with Gasteiger partial charge in [0.25, 0.3) is 5.91 Å². The second-order valence-electron chi connectivity index (χ2n) is 6.59. The summed E-state index contributed by atoms with van der Waals surface area (Å²) in [5, 5.41) is 2.38. The van der Waals surface area contributed by atoms with E-state index in [-0.39, 0.29) is 12.6 Å². The van der Waals surface area contributed by atoms with Gasteiger partial charge in [-0.1, -0.05) is 0 Å². The van der Waals surface area contributed by atoms with Crippen molar-refractivity contribution in [3.05, 3.63) is 0 Å². The minimum absolute atomic E-state index is 0.0956. The molecule has 2 unspecified atom stereocenters. The number of esters is 3. The topological polar surface area (TPSA) is 171 Å². The zero-order chi connectivity index (χ0) is 21.3. The van der Waals surface area contributed by atoms with E-state index in [1.807, 2.05) is 0 Å². The van der Waals surface area contributed by atoms with Crippen molar-refractivity contribution >= 4 is 36.1 Å². The summed E-state index contributed by atoms with van der Waals surface area (Å²) in [5.41, 5.74) is 5.64. The predicted molar refractivity (Wildman–Crippen MR) is 94.1 cm³/mol. The quantitative estimate of drug-likeness (QED) is 0.368. The first kappa shape index (κ1) is 20.5. The molecule has 3 N–H and O–H groups in total. The number of amides is 1. The van der Waals surface area contributed by atoms with Crippen LogP contribution in [-0.4, -0.2) is 84.4 Å². The van der Waals surface area contributed by atoms with E-state index >= 15 is 0 Å². The second-order valence-corrected chi connectivity index (χ2v) is 6.59. The number of nitrogens with zero attached hydrogens (tertiary/aromatic N) is 3. The van der Waals surface area contributed by atoms with Gasteiger partial charge in [0, 0.05) is 20.8 Å². The van der Waals surface area contributed by atoms with Crippen molar-refractivity contribution in [3.63, 3.8) is 0 Å². The average molecular weight is 411 g/mol. The number of rotatable bonds is 5. The van der Waals surface area contributed by atoms with Crippen molar-refractivity contribution in [2.24, 2.45) is 15.7 Å². The second kappa shape index (κ2) is 8.03. The molecule has 0 aliphatic carbocycles. The van der Waals surface area contributed by atoms with Crippen molar-refractivity contribution < 1.29 is 38.1 Å². The molecular weight excluding hydrogens is 390 g/mol. The lowest BCUT2D eigenvalue weighted by Gasteiger charge is -2.33. The van der Waals surface area contributed by atoms with Gasteiger partial charge in [-0.15, -0.1) is 0 Å². The smallest absolute Gasteiger partial charge is 0.303 e. The summed E-state index contributed by atoms with van der Waals surface area (Å²) >= 11 is 0. The zero-order valence-corrected chi connectivity index (χ0v) is 15.9. The Labute approximate surface area is 165 Å². The van der Waals surface area contributed by atoms with Crippen LogP contribution in [0.15, 0.2) is 9.98 Å². The lowest BCUT2D eigenvalue weighted by Crippen LogP contribution is -2.57. The molecule has 0 radical (unpaired) electrons. The van der Waals surface area contributed by atoms with Gasteiger partial charge in [0.15, 0.2) is 36.6 Å². The third kappa shape index (κ3) is 4.29. The van der Waals surface area contributed by atoms with Gasteiger partial charge in [-0.2, -0.15) is 0 Å². The normalized spacial score (nSPS) is 32.9. The molecule has 1 amide bonds. The van der Waals surface area contributed by atoms with E-state index < -0.39 is 60.6 Å². The van der Waals surface area contributed by atoms with Crippen molar-refractivity contribution in [1.29, 1.82) is 0 Å². The molecule has 158 valence electrons. The Morgan fingerprint density at radius 3 is 2.45 bits per heavy atom. The summed E-state index contributed by atoms with van der Waals surface area (Å²) in [6.07, 6.45) is -3.61. The highest BCUT2D eigenvalue weighted by Crippen LogP contribution is 2.33. The third-order valence-corrected chi connectivity index (χ3v) is 4.37. The Morgan fingerprint density at radius 1 is 1.17 bits per heavy atom. The van der Waals surface area contributed by atoms with Gasteiger partial charge < -0.3 is 29.6 Å². The summed E-state index contributed by atoms with van der Waals surface area (Å²) in [6.45, 7) is 3.34. The highest BCUT2D eigenvalue weighted by molar-refractivity contribution is 6.02. The Balaban J connectivity index is 1.90. The number of carbonyl (C=O) groups excluding carboxylic acids is 4. The fourth-order valence-electron chi connectivity index (χ4n) is 3.32. The van der Waals surface area contributed by atoms with Crippen molar-refractivity contribution in [2.45, 2.75) is 57.5 Å². The van der Waals surface area contributed by atoms with E-state index in [4.69, 9.17) is 24.7 Å². The first-order chi connectivity index (χ1) is 13.7. The zero-order valence-electron chi connectivity index (χ0n) is 15.9. The van der Waals surface area contributed by atoms with Crippen LogP contribution >= 0.6 is 0 Å². The average Bonchev–Trinajstić information content (AvgIpc) is 3.15. The van der Waals surface area contributed by atoms with E-state index in [1.54, 1.807) is 0 Å². The summed E-state index contributed by atoms with van der Waals surface area (Å²) < 4.78 is 21.5. The van der Waals surface area contributed by atoms with Crippen molar-refractivity contribution in [1.82, 2.24) is 10.2 Å². The number of hydrogen-bond donors (Lipinski definition) is 2. The first-order valence-electron chi connectivity index (χ1n) is 8.75. The molecule has 29 heavy (non-hydrogen) atoms. The van der Waals surface area contributed by atoms with Gasteiger partial charge in [-0.05, 0) is 0 Å². The number of guanidine groups is 1. The van der Waals surface area contributed by atoms with E-state index in [1.165, 1.54) is 32.0 Å². The molecule has 3 heterocycles. The monoisotopic (exact) mass is 411 g/mol. The van der Waals surface area contributed by atoms with E-state index in [9.17, 15) is 19.2 Å². The van der Waals surface area contributed by atoms with Crippen LogP contribution < -0.4 is 11.1 Å². The molecule has 0 bridgehead atoms. The molecule has 0 saturated carbocycles. The number of aliphatic imine (C=N–C) groups is 2. The maximum Gasteiger partial charge on any atom is 0.303 e. The molecule has 6 atom stereocenters. The van der Waals surface area contributed by atoms with Gasteiger partial charge >= 0.3 is 17.9 Å². The van der Waals surface area contributed by atoms with Crippen molar-refractivity contribution in [3.8, 4) is 0 Å². The van der Waals surface area contributed by atoms with Crippen molar-refractivity contribution in [2.75, 3.05) is 6.61 Å². The molecule has 13 heteroatoms. The molecule has 1 saturated heterocycles. The molecule has 3 aliphatic heterocycles. The first-order valence-corrected chi connectivity index (χ1v) is 8.75. The number of fused-ring (bicyclic) bond motifs is 1. The van der Waals surface area contributed by atoms with E-state index in [0.29, 0.717) is 0 Å². The summed E-state index contributed by atoms with van der Waals surface area (Å²) in [4.78, 5) is 56.3. The lowest BCUT2D eigenvalue weighted by molar-refractivity contribution is -0.167. The van der Waals surface area contributed by atoms with Crippen LogP contribution in [0.25, 0.3) is 0 Å². The molecular formula is C16H21N5O8. The van der Waals surface area contributed by atoms with Gasteiger partial charge in [-0.3, -0.25) is 29.5 Å². The standard InChI is InChI=1S/C16H21N5O8/c1-6(22)26-4-9-11(27-7(2)23)12(28-8(3)24)15(29-9)21-5-18-10-13(21)19-16(17)20-14(10)25/h5,9-13,15H,4H2,1-3H3,(H3,17,19,20,25)/t9-,10?,11-,12+,13?,15-/m1/s1. The number of nitrogens with two attached hydrogens (primary N) is 1. The Bertz CT molecular complexity index is 783. The largest absolute Gasteiger partial charge is 0.463 e. The fraction of sp³-hybridized carbons (Fsp3) is 0.625. The Morgan fingerprint density at radius 2 is 1.83 bits per heavy atom. The Hall–Kier alpha value is -3.22. The molecule has 1 fully saturated rings. The highest BCUT2D eigenvalue weighted by atomic mass is 16.7. The molecule has 3 rings (SSSR count). The number of nitrogens with one attached hydrogen (secondary N) is 1. The van der Waals surface area contributed by atoms with Crippen LogP contribution in [0, 0.1) is 0 Å². The SMILES string of the molecule is CC(=O)OC[C@H]1O[C@@H](N2C=NC3C(=O)NC(N)=NC32)[C@@H](OC(C)=O)[C@@H]1OC(C)=O. The minimum atomic E-state index is -1.09. The molecule has 3 aliphatic rings. The van der Waals surface area contributed by atoms with Crippen LogP contribution in [0.5, 0.6) is 0 Å². The third-order valence-electron chi connectivity index (χ3n) is 4.37. The van der Waals surface area contributed by atoms with Gasteiger partial charge in [0.1, 0.15) is 12.7 Å². The highest BCUT2D eigenvalue weighted by Gasteiger charge is 2.55.